The van der Waals surface area contributed by atoms with Crippen LogP contribution in [0.2, 0.25) is 5.02 Å². The molecule has 0 spiro atoms. The highest BCUT2D eigenvalue weighted by molar-refractivity contribution is 6.35. The summed E-state index contributed by atoms with van der Waals surface area (Å²) in [7, 11) is 0. The predicted octanol–water partition coefficient (Wildman–Crippen LogP) is 5.43. The molecule has 92 valence electrons. The number of pyridine rings is 1. The minimum atomic E-state index is 0.491. The topological polar surface area (TPSA) is 12.9 Å². The number of hydrogen-bond acceptors (Lipinski definition) is 1. The summed E-state index contributed by atoms with van der Waals surface area (Å²) >= 11 is 6.11. The smallest absolute Gasteiger partial charge is 0.0891 e. The normalized spacial score (nSPS) is 11.8. The second kappa shape index (κ2) is 6.61. The van der Waals surface area contributed by atoms with Crippen molar-refractivity contribution in [2.75, 3.05) is 0 Å². The molecular weight excluding hydrogens is 230 g/mol. The summed E-state index contributed by atoms with van der Waals surface area (Å²) < 4.78 is 0. The molecule has 1 nitrogen and oxygen atoms in total. The fourth-order valence-corrected chi connectivity index (χ4v) is 1.83. The Hall–Kier alpha value is -1.08. The van der Waals surface area contributed by atoms with E-state index in [0.29, 0.717) is 5.92 Å². The van der Waals surface area contributed by atoms with E-state index in [2.05, 4.69) is 31.0 Å². The van der Waals surface area contributed by atoms with E-state index in [-0.39, 0.29) is 0 Å². The zero-order valence-electron chi connectivity index (χ0n) is 11.0. The van der Waals surface area contributed by atoms with E-state index in [1.165, 1.54) is 0 Å². The summed E-state index contributed by atoms with van der Waals surface area (Å²) in [5.41, 5.74) is 2.04. The molecule has 0 aliphatic rings. The molecule has 1 aromatic heterocycles. The maximum atomic E-state index is 6.11. The summed E-state index contributed by atoms with van der Waals surface area (Å²) in [5.74, 6) is 0.491. The van der Waals surface area contributed by atoms with E-state index in [0.717, 1.165) is 28.0 Å². The zero-order valence-corrected chi connectivity index (χ0v) is 11.8. The van der Waals surface area contributed by atoms with E-state index in [4.69, 9.17) is 11.6 Å². The lowest BCUT2D eigenvalue weighted by atomic mass is 10.0. The van der Waals surface area contributed by atoms with Gasteiger partial charge < -0.3 is 0 Å². The number of aromatic nitrogens is 1. The van der Waals surface area contributed by atoms with Gasteiger partial charge in [-0.05, 0) is 24.5 Å². The maximum absolute atomic E-state index is 6.11. The molecule has 1 heterocycles. The second-order valence-electron chi connectivity index (χ2n) is 3.86. The van der Waals surface area contributed by atoms with Crippen LogP contribution in [-0.4, -0.2) is 4.98 Å². The van der Waals surface area contributed by atoms with Crippen LogP contribution in [0.4, 0.5) is 0 Å². The van der Waals surface area contributed by atoms with Crippen LogP contribution in [0, 0.1) is 0 Å². The molecule has 0 bridgehead atoms. The Balaban J connectivity index is 0.000000686. The molecule has 0 aliphatic carbocycles. The molecule has 17 heavy (non-hydrogen) atoms. The van der Waals surface area contributed by atoms with Gasteiger partial charge in [-0.15, -0.1) is 0 Å². The molecule has 0 saturated heterocycles. The third-order valence-electron chi connectivity index (χ3n) is 2.81. The van der Waals surface area contributed by atoms with Gasteiger partial charge in [-0.25, -0.2) is 0 Å². The molecule has 2 aromatic rings. The van der Waals surface area contributed by atoms with Crippen LogP contribution in [0.3, 0.4) is 0 Å². The first-order valence-electron chi connectivity index (χ1n) is 6.27. The summed E-state index contributed by atoms with van der Waals surface area (Å²) in [5, 5.41) is 1.84. The van der Waals surface area contributed by atoms with Crippen molar-refractivity contribution in [1.82, 2.24) is 4.98 Å². The number of fused-ring (bicyclic) bond motifs is 1. The van der Waals surface area contributed by atoms with Gasteiger partial charge >= 0.3 is 0 Å². The summed E-state index contributed by atoms with van der Waals surface area (Å²) in [6, 6.07) is 10.1. The average Bonchev–Trinajstić information content (AvgIpc) is 2.40. The lowest BCUT2D eigenvalue weighted by molar-refractivity contribution is 0.712. The Morgan fingerprint density at radius 2 is 1.88 bits per heavy atom. The highest BCUT2D eigenvalue weighted by atomic mass is 35.5. The molecule has 1 atom stereocenters. The third-order valence-corrected chi connectivity index (χ3v) is 3.11. The average molecular weight is 250 g/mol. The van der Waals surface area contributed by atoms with Gasteiger partial charge in [0.1, 0.15) is 0 Å². The monoisotopic (exact) mass is 249 g/mol. The van der Waals surface area contributed by atoms with Crippen molar-refractivity contribution in [3.05, 3.63) is 41.0 Å². The van der Waals surface area contributed by atoms with E-state index < -0.39 is 0 Å². The number of halogens is 1. The molecule has 2 heteroatoms. The Bertz CT molecular complexity index is 479. The number of benzene rings is 1. The third kappa shape index (κ3) is 3.19. The number of nitrogens with zero attached hydrogens (tertiary/aromatic N) is 1. The molecule has 0 saturated carbocycles. The van der Waals surface area contributed by atoms with Gasteiger partial charge in [0.2, 0.25) is 0 Å². The van der Waals surface area contributed by atoms with Crippen LogP contribution in [-0.2, 0) is 0 Å². The highest BCUT2D eigenvalue weighted by Crippen LogP contribution is 2.24. The van der Waals surface area contributed by atoms with Crippen molar-refractivity contribution >= 4 is 22.5 Å². The Morgan fingerprint density at radius 3 is 2.53 bits per heavy atom. The van der Waals surface area contributed by atoms with Crippen molar-refractivity contribution in [2.24, 2.45) is 0 Å². The Morgan fingerprint density at radius 1 is 1.18 bits per heavy atom. The highest BCUT2D eigenvalue weighted by Gasteiger charge is 2.06. The summed E-state index contributed by atoms with van der Waals surface area (Å²) in [6.07, 6.45) is 1.10. The fraction of sp³-hybridized carbons (Fsp3) is 0.400. The van der Waals surface area contributed by atoms with Gasteiger partial charge in [-0.3, -0.25) is 4.98 Å². The number of hydrogen-bond donors (Lipinski definition) is 0. The zero-order chi connectivity index (χ0) is 12.8. The Labute approximate surface area is 109 Å². The minimum Gasteiger partial charge on any atom is -0.251 e. The van der Waals surface area contributed by atoms with Gasteiger partial charge in [0.15, 0.2) is 0 Å². The molecule has 0 amide bonds. The quantitative estimate of drug-likeness (QED) is 0.692. The van der Waals surface area contributed by atoms with Crippen LogP contribution in [0.15, 0.2) is 30.3 Å². The van der Waals surface area contributed by atoms with Crippen LogP contribution in [0.5, 0.6) is 0 Å². The summed E-state index contributed by atoms with van der Waals surface area (Å²) in [4.78, 5) is 4.61. The molecule has 0 aliphatic heterocycles. The fourth-order valence-electron chi connectivity index (χ4n) is 1.61. The largest absolute Gasteiger partial charge is 0.251 e. The van der Waals surface area contributed by atoms with Gasteiger partial charge in [-0.1, -0.05) is 57.5 Å². The SMILES string of the molecule is CC.CCC(C)c1ccc2cccc(Cl)c2n1. The van der Waals surface area contributed by atoms with Crippen molar-refractivity contribution in [2.45, 2.75) is 40.0 Å². The van der Waals surface area contributed by atoms with Crippen molar-refractivity contribution in [3.8, 4) is 0 Å². The van der Waals surface area contributed by atoms with E-state index >= 15 is 0 Å². The van der Waals surface area contributed by atoms with Gasteiger partial charge in [0, 0.05) is 11.1 Å². The van der Waals surface area contributed by atoms with Gasteiger partial charge in [-0.2, -0.15) is 0 Å². The van der Waals surface area contributed by atoms with Crippen LogP contribution >= 0.6 is 11.6 Å². The molecular formula is C15H20ClN. The first-order chi connectivity index (χ1) is 8.22. The van der Waals surface area contributed by atoms with Crippen molar-refractivity contribution in [1.29, 1.82) is 0 Å². The summed E-state index contributed by atoms with van der Waals surface area (Å²) in [6.45, 7) is 8.36. The molecule has 1 unspecified atom stereocenters. The van der Waals surface area contributed by atoms with E-state index in [1.807, 2.05) is 32.0 Å². The van der Waals surface area contributed by atoms with Crippen LogP contribution in [0.25, 0.3) is 10.9 Å². The van der Waals surface area contributed by atoms with Crippen LogP contribution in [0.1, 0.15) is 45.7 Å². The standard InChI is InChI=1S/C13H14ClN.C2H6/c1-3-9(2)12-8-7-10-5-4-6-11(14)13(10)15-12;1-2/h4-9H,3H2,1-2H3;1-2H3. The lowest BCUT2D eigenvalue weighted by Crippen LogP contribution is -1.95. The number of rotatable bonds is 2. The maximum Gasteiger partial charge on any atom is 0.0891 e. The van der Waals surface area contributed by atoms with E-state index in [9.17, 15) is 0 Å². The predicted molar refractivity (Wildman–Crippen MR) is 76.8 cm³/mol. The first kappa shape index (κ1) is 14.0. The van der Waals surface area contributed by atoms with Crippen molar-refractivity contribution in [3.63, 3.8) is 0 Å². The number of para-hydroxylation sites is 1. The molecule has 1 aromatic carbocycles. The van der Waals surface area contributed by atoms with Crippen molar-refractivity contribution < 1.29 is 0 Å². The Kier molecular flexibility index (Phi) is 5.43. The van der Waals surface area contributed by atoms with Crippen LogP contribution < -0.4 is 0 Å². The molecule has 0 fully saturated rings. The molecule has 0 radical (unpaired) electrons. The minimum absolute atomic E-state index is 0.491. The second-order valence-corrected chi connectivity index (χ2v) is 4.26. The first-order valence-corrected chi connectivity index (χ1v) is 6.65. The van der Waals surface area contributed by atoms with E-state index in [1.54, 1.807) is 0 Å². The van der Waals surface area contributed by atoms with Gasteiger partial charge in [0.25, 0.3) is 0 Å². The molecule has 2 rings (SSSR count). The molecule has 0 N–H and O–H groups in total. The lowest BCUT2D eigenvalue weighted by Gasteiger charge is -2.09. The van der Waals surface area contributed by atoms with Gasteiger partial charge in [0.05, 0.1) is 10.5 Å².